The number of fused-ring (bicyclic) bond motifs is 3. The molecule has 5 aromatic carbocycles. The maximum atomic E-state index is 13.6. The molecular weight excluding hydrogens is 820 g/mol. The predicted molar refractivity (Wildman–Crippen MR) is 238 cm³/mol. The van der Waals surface area contributed by atoms with Gasteiger partial charge in [0.2, 0.25) is 0 Å². The molecule has 0 aromatic heterocycles. The second-order valence-corrected chi connectivity index (χ2v) is 18.6. The lowest BCUT2D eigenvalue weighted by Crippen LogP contribution is -2.51. The highest BCUT2D eigenvalue weighted by molar-refractivity contribution is 7.99. The molecule has 1 amide bonds. The third-order valence-electron chi connectivity index (χ3n) is 11.4. The molecule has 0 spiro atoms. The van der Waals surface area contributed by atoms with Crippen LogP contribution in [-0.4, -0.2) is 99.4 Å². The highest BCUT2D eigenvalue weighted by Gasteiger charge is 2.35. The number of ether oxygens (including phenoxy) is 1. The molecule has 0 aliphatic carbocycles. The molecular formula is C45H47ClN6O6S2. The summed E-state index contributed by atoms with van der Waals surface area (Å²) in [5.41, 5.74) is 5.50. The van der Waals surface area contributed by atoms with Crippen molar-refractivity contribution in [3.8, 4) is 11.1 Å². The maximum absolute atomic E-state index is 13.6. The first kappa shape index (κ1) is 41.8. The molecule has 12 nitrogen and oxygen atoms in total. The molecule has 0 radical (unpaired) electrons. The van der Waals surface area contributed by atoms with Gasteiger partial charge in [0.15, 0.2) is 0 Å². The lowest BCUT2D eigenvalue weighted by atomic mass is 9.99. The Balaban J connectivity index is 0.924. The standard InChI is InChI=1S/C45H47ClN6O6S2/c46-36-12-14-41(32-7-3-1-4-8-32)35(26-36)29-50-19-20-51-38(30-50)27-34-25-33(11-16-43(34)51)45(53)48-60(56,57)40-13-15-42(44(28-40)52(54)55)47-37(17-18-49-21-23-58-24-22-49)31-59-39-9-5-2-6-10-39/h1-16,25-26,28,37-38,47H,17-24,27,29-31H2,(H,48,53)/t37-,38-/m1/s1. The fourth-order valence-electron chi connectivity index (χ4n) is 8.30. The number of piperazine rings is 1. The first-order valence-electron chi connectivity index (χ1n) is 20.2. The number of carbonyl (C=O) groups excluding carboxylic acids is 1. The van der Waals surface area contributed by atoms with Crippen LogP contribution in [0.2, 0.25) is 5.02 Å². The Hall–Kier alpha value is -4.96. The van der Waals surface area contributed by atoms with Crippen LogP contribution in [0.3, 0.4) is 0 Å². The van der Waals surface area contributed by atoms with Crippen LogP contribution in [0.15, 0.2) is 125 Å². The van der Waals surface area contributed by atoms with Crippen LogP contribution in [0.5, 0.6) is 0 Å². The molecule has 8 rings (SSSR count). The van der Waals surface area contributed by atoms with Crippen molar-refractivity contribution in [2.24, 2.45) is 0 Å². The SMILES string of the molecule is O=C(NS(=O)(=O)c1ccc(N[C@H](CCN2CCOCC2)CSc2ccccc2)c([N+](=O)[O-])c1)c1ccc2c(c1)C[C@@H]1CN(Cc3cc(Cl)ccc3-c3ccccc3)CCN21. The van der Waals surface area contributed by atoms with Crippen molar-refractivity contribution < 1.29 is 22.9 Å². The number of hydrogen-bond donors (Lipinski definition) is 2. The summed E-state index contributed by atoms with van der Waals surface area (Å²) < 4.78 is 34.9. The normalized spacial score (nSPS) is 17.4. The number of hydrogen-bond acceptors (Lipinski definition) is 11. The number of nitro benzene ring substituents is 1. The lowest BCUT2D eigenvalue weighted by molar-refractivity contribution is -0.384. The van der Waals surface area contributed by atoms with E-state index in [1.54, 1.807) is 23.9 Å². The van der Waals surface area contributed by atoms with Crippen LogP contribution in [-0.2, 0) is 27.7 Å². The number of morpholine rings is 1. The number of sulfonamides is 1. The summed E-state index contributed by atoms with van der Waals surface area (Å²) in [4.78, 5) is 33.1. The van der Waals surface area contributed by atoms with E-state index in [9.17, 15) is 23.3 Å². The second-order valence-electron chi connectivity index (χ2n) is 15.4. The summed E-state index contributed by atoms with van der Waals surface area (Å²) in [5, 5.41) is 16.4. The van der Waals surface area contributed by atoms with Gasteiger partial charge in [0.1, 0.15) is 5.69 Å². The summed E-state index contributed by atoms with van der Waals surface area (Å²) in [6.45, 7) is 6.98. The minimum atomic E-state index is -4.46. The first-order chi connectivity index (χ1) is 29.1. The smallest absolute Gasteiger partial charge is 0.293 e. The van der Waals surface area contributed by atoms with E-state index in [0.717, 1.165) is 84.7 Å². The molecule has 15 heteroatoms. The Kier molecular flexibility index (Phi) is 13.1. The minimum absolute atomic E-state index is 0.155. The second kappa shape index (κ2) is 18.8. The average molecular weight is 867 g/mol. The van der Waals surface area contributed by atoms with Crippen LogP contribution in [0, 0.1) is 10.1 Å². The Morgan fingerprint density at radius 3 is 2.43 bits per heavy atom. The molecule has 312 valence electrons. The number of amides is 1. The molecule has 2 fully saturated rings. The summed E-state index contributed by atoms with van der Waals surface area (Å²) >= 11 is 8.10. The molecule has 0 bridgehead atoms. The fourth-order valence-corrected chi connectivity index (χ4v) is 10.5. The zero-order valence-electron chi connectivity index (χ0n) is 33.0. The predicted octanol–water partition coefficient (Wildman–Crippen LogP) is 7.58. The van der Waals surface area contributed by atoms with Gasteiger partial charge in [-0.1, -0.05) is 66.2 Å². The number of benzene rings is 5. The topological polar surface area (TPSA) is 137 Å². The van der Waals surface area contributed by atoms with Crippen molar-refractivity contribution in [2.45, 2.75) is 41.3 Å². The van der Waals surface area contributed by atoms with Gasteiger partial charge in [0.25, 0.3) is 21.6 Å². The molecule has 2 N–H and O–H groups in total. The maximum Gasteiger partial charge on any atom is 0.293 e. The molecule has 60 heavy (non-hydrogen) atoms. The highest BCUT2D eigenvalue weighted by atomic mass is 35.5. The van der Waals surface area contributed by atoms with Crippen LogP contribution in [0.4, 0.5) is 17.1 Å². The van der Waals surface area contributed by atoms with Crippen LogP contribution in [0.25, 0.3) is 11.1 Å². The Bertz CT molecular complexity index is 2440. The van der Waals surface area contributed by atoms with E-state index in [1.807, 2.05) is 66.7 Å². The van der Waals surface area contributed by atoms with Crippen molar-refractivity contribution in [3.05, 3.63) is 147 Å². The van der Waals surface area contributed by atoms with Gasteiger partial charge in [0.05, 0.1) is 23.0 Å². The Morgan fingerprint density at radius 1 is 0.900 bits per heavy atom. The first-order valence-corrected chi connectivity index (χ1v) is 23.0. The molecule has 0 saturated carbocycles. The number of nitrogens with one attached hydrogen (secondary N) is 2. The van der Waals surface area contributed by atoms with Crippen molar-refractivity contribution in [1.82, 2.24) is 14.5 Å². The number of anilines is 2. The van der Waals surface area contributed by atoms with E-state index in [2.05, 4.69) is 42.9 Å². The average Bonchev–Trinajstić information content (AvgIpc) is 3.62. The van der Waals surface area contributed by atoms with Gasteiger partial charge in [-0.3, -0.25) is 24.7 Å². The molecule has 5 aromatic rings. The Labute approximate surface area is 360 Å². The quantitative estimate of drug-likeness (QED) is 0.0613. The summed E-state index contributed by atoms with van der Waals surface area (Å²) in [7, 11) is -4.46. The van der Waals surface area contributed by atoms with E-state index >= 15 is 0 Å². The van der Waals surface area contributed by atoms with Crippen molar-refractivity contribution in [3.63, 3.8) is 0 Å². The molecule has 3 aliphatic heterocycles. The third-order valence-corrected chi connectivity index (χ3v) is 14.1. The highest BCUT2D eigenvalue weighted by Crippen LogP contribution is 2.37. The van der Waals surface area contributed by atoms with Crippen LogP contribution < -0.4 is 14.9 Å². The molecule has 0 unspecified atom stereocenters. The third kappa shape index (κ3) is 9.97. The number of halogens is 1. The van der Waals surface area contributed by atoms with Crippen LogP contribution >= 0.6 is 23.4 Å². The van der Waals surface area contributed by atoms with Gasteiger partial charge in [-0.05, 0) is 89.7 Å². The molecule has 3 aliphatic rings. The van der Waals surface area contributed by atoms with Gasteiger partial charge < -0.3 is 15.0 Å². The van der Waals surface area contributed by atoms with Gasteiger partial charge in [-0.15, -0.1) is 11.8 Å². The van der Waals surface area contributed by atoms with E-state index in [-0.39, 0.29) is 33.9 Å². The number of thioether (sulfide) groups is 1. The summed E-state index contributed by atoms with van der Waals surface area (Å²) in [6.07, 6.45) is 1.42. The van der Waals surface area contributed by atoms with E-state index in [1.165, 1.54) is 12.1 Å². The summed E-state index contributed by atoms with van der Waals surface area (Å²) in [6, 6.07) is 35.3. The van der Waals surface area contributed by atoms with Gasteiger partial charge >= 0.3 is 0 Å². The van der Waals surface area contributed by atoms with Gasteiger partial charge in [-0.2, -0.15) is 0 Å². The van der Waals surface area contributed by atoms with Crippen molar-refractivity contribution in [2.75, 3.05) is 68.5 Å². The monoisotopic (exact) mass is 866 g/mol. The van der Waals surface area contributed by atoms with E-state index in [0.29, 0.717) is 36.8 Å². The van der Waals surface area contributed by atoms with Gasteiger partial charge in [-0.25, -0.2) is 13.1 Å². The number of carbonyl (C=O) groups is 1. The number of nitrogens with zero attached hydrogens (tertiary/aromatic N) is 4. The molecule has 2 saturated heterocycles. The van der Waals surface area contributed by atoms with Crippen LogP contribution in [0.1, 0.15) is 27.9 Å². The fraction of sp³-hybridized carbons (Fsp3) is 0.311. The largest absolute Gasteiger partial charge is 0.379 e. The zero-order chi connectivity index (χ0) is 41.6. The molecule has 2 atom stereocenters. The number of nitro groups is 1. The zero-order valence-corrected chi connectivity index (χ0v) is 35.4. The Morgan fingerprint density at radius 2 is 1.67 bits per heavy atom. The number of rotatable bonds is 15. The lowest BCUT2D eigenvalue weighted by Gasteiger charge is -2.39. The van der Waals surface area contributed by atoms with Gasteiger partial charge in [0, 0.05) is 90.9 Å². The van der Waals surface area contributed by atoms with Crippen molar-refractivity contribution in [1.29, 1.82) is 0 Å². The summed E-state index contributed by atoms with van der Waals surface area (Å²) in [5.74, 6) is -0.165. The van der Waals surface area contributed by atoms with E-state index < -0.39 is 20.9 Å². The molecule has 3 heterocycles. The van der Waals surface area contributed by atoms with E-state index in [4.69, 9.17) is 16.3 Å². The van der Waals surface area contributed by atoms with Crippen molar-refractivity contribution >= 4 is 56.4 Å². The minimum Gasteiger partial charge on any atom is -0.379 e.